The van der Waals surface area contributed by atoms with Crippen molar-refractivity contribution in [1.29, 1.82) is 0 Å². The molecule has 0 spiro atoms. The van der Waals surface area contributed by atoms with Gasteiger partial charge in [0, 0.05) is 5.56 Å². The largest absolute Gasteiger partial charge is 0.496 e. The molecule has 0 saturated heterocycles. The van der Waals surface area contributed by atoms with Crippen LogP contribution in [0.4, 0.5) is 0 Å². The summed E-state index contributed by atoms with van der Waals surface area (Å²) in [5, 5.41) is 4.02. The van der Waals surface area contributed by atoms with Gasteiger partial charge < -0.3 is 15.0 Å². The maximum Gasteiger partial charge on any atom is 0.246 e. The lowest BCUT2D eigenvalue weighted by molar-refractivity contribution is 0.284. The van der Waals surface area contributed by atoms with Crippen molar-refractivity contribution in [1.82, 2.24) is 10.1 Å². The van der Waals surface area contributed by atoms with Gasteiger partial charge in [0.05, 0.1) is 12.6 Å². The first kappa shape index (κ1) is 14.5. The lowest BCUT2D eigenvalue weighted by atomic mass is 9.98. The number of benzene rings is 1. The lowest BCUT2D eigenvalue weighted by Gasteiger charge is -2.18. The molecule has 2 aromatic rings. The minimum Gasteiger partial charge on any atom is -0.496 e. The average Bonchev–Trinajstić information content (AvgIpc) is 2.89. The third kappa shape index (κ3) is 2.82. The van der Waals surface area contributed by atoms with Crippen LogP contribution < -0.4 is 10.5 Å². The Morgan fingerprint density at radius 2 is 2.15 bits per heavy atom. The van der Waals surface area contributed by atoms with Crippen molar-refractivity contribution in [2.75, 3.05) is 7.11 Å². The summed E-state index contributed by atoms with van der Waals surface area (Å²) in [6, 6.07) is 5.78. The van der Waals surface area contributed by atoms with E-state index in [2.05, 4.69) is 17.1 Å². The van der Waals surface area contributed by atoms with Crippen LogP contribution in [0.2, 0.25) is 0 Å². The van der Waals surface area contributed by atoms with E-state index in [0.717, 1.165) is 29.7 Å². The molecule has 1 heterocycles. The normalized spacial score (nSPS) is 14.1. The van der Waals surface area contributed by atoms with Crippen LogP contribution in [-0.2, 0) is 5.54 Å². The van der Waals surface area contributed by atoms with E-state index in [9.17, 15) is 0 Å². The van der Waals surface area contributed by atoms with Crippen molar-refractivity contribution in [2.24, 2.45) is 5.73 Å². The first-order valence-electron chi connectivity index (χ1n) is 6.76. The van der Waals surface area contributed by atoms with Gasteiger partial charge in [0.25, 0.3) is 0 Å². The Labute approximate surface area is 119 Å². The van der Waals surface area contributed by atoms with Gasteiger partial charge in [-0.3, -0.25) is 0 Å². The van der Waals surface area contributed by atoms with Crippen LogP contribution in [0.25, 0.3) is 11.4 Å². The maximum absolute atomic E-state index is 6.20. The Balaban J connectivity index is 2.31. The molecule has 0 aliphatic carbocycles. The van der Waals surface area contributed by atoms with Crippen LogP contribution in [0.5, 0.6) is 5.75 Å². The standard InChI is InChI=1S/C15H21N3O2/c1-5-8-15(3,16)14-17-13(18-20-14)11-6-7-12(19-4)10(2)9-11/h6-7,9H,5,8,16H2,1-4H3. The van der Waals surface area contributed by atoms with E-state index in [1.807, 2.05) is 32.0 Å². The molecule has 0 aliphatic rings. The molecule has 1 aromatic carbocycles. The van der Waals surface area contributed by atoms with Gasteiger partial charge in [0.2, 0.25) is 11.7 Å². The van der Waals surface area contributed by atoms with Gasteiger partial charge in [0.15, 0.2) is 0 Å². The van der Waals surface area contributed by atoms with Gasteiger partial charge in [-0.15, -0.1) is 0 Å². The molecule has 1 aromatic heterocycles. The molecule has 0 radical (unpaired) electrons. The number of rotatable bonds is 5. The van der Waals surface area contributed by atoms with Crippen molar-refractivity contribution in [3.05, 3.63) is 29.7 Å². The van der Waals surface area contributed by atoms with Crippen LogP contribution in [-0.4, -0.2) is 17.3 Å². The highest BCUT2D eigenvalue weighted by Gasteiger charge is 2.27. The zero-order valence-corrected chi connectivity index (χ0v) is 12.4. The highest BCUT2D eigenvalue weighted by atomic mass is 16.5. The molecule has 5 heteroatoms. The summed E-state index contributed by atoms with van der Waals surface area (Å²) in [5.41, 5.74) is 7.54. The number of hydrogen-bond acceptors (Lipinski definition) is 5. The Hall–Kier alpha value is -1.88. The van der Waals surface area contributed by atoms with E-state index >= 15 is 0 Å². The van der Waals surface area contributed by atoms with Crippen molar-refractivity contribution in [3.63, 3.8) is 0 Å². The van der Waals surface area contributed by atoms with E-state index < -0.39 is 5.54 Å². The van der Waals surface area contributed by atoms with Gasteiger partial charge in [-0.2, -0.15) is 4.98 Å². The second kappa shape index (κ2) is 5.63. The first-order valence-corrected chi connectivity index (χ1v) is 6.76. The molecule has 2 N–H and O–H groups in total. The van der Waals surface area contributed by atoms with Crippen molar-refractivity contribution in [3.8, 4) is 17.1 Å². The predicted octanol–water partition coefficient (Wildman–Crippen LogP) is 3.03. The minimum atomic E-state index is -0.582. The van der Waals surface area contributed by atoms with Crippen LogP contribution in [0.3, 0.4) is 0 Å². The van der Waals surface area contributed by atoms with Crippen LogP contribution in [0.1, 0.15) is 38.1 Å². The molecule has 0 bridgehead atoms. The Kier molecular flexibility index (Phi) is 4.09. The highest BCUT2D eigenvalue weighted by molar-refractivity contribution is 5.58. The zero-order valence-electron chi connectivity index (χ0n) is 12.4. The van der Waals surface area contributed by atoms with E-state index in [0.29, 0.717) is 11.7 Å². The Morgan fingerprint density at radius 1 is 1.40 bits per heavy atom. The average molecular weight is 275 g/mol. The summed E-state index contributed by atoms with van der Waals surface area (Å²) in [5.74, 6) is 1.87. The number of aromatic nitrogens is 2. The molecule has 0 saturated carbocycles. The molecule has 2 rings (SSSR count). The molecule has 0 amide bonds. The zero-order chi connectivity index (χ0) is 14.8. The molecule has 108 valence electrons. The molecule has 1 atom stereocenters. The second-order valence-electron chi connectivity index (χ2n) is 5.28. The van der Waals surface area contributed by atoms with E-state index in [-0.39, 0.29) is 0 Å². The first-order chi connectivity index (χ1) is 9.47. The fourth-order valence-electron chi connectivity index (χ4n) is 2.22. The fourth-order valence-corrected chi connectivity index (χ4v) is 2.22. The van der Waals surface area contributed by atoms with E-state index in [1.54, 1.807) is 7.11 Å². The molecular weight excluding hydrogens is 254 g/mol. The number of nitrogens with two attached hydrogens (primary N) is 1. The topological polar surface area (TPSA) is 74.2 Å². The fraction of sp³-hybridized carbons (Fsp3) is 0.467. The molecule has 1 unspecified atom stereocenters. The molecule has 0 aliphatic heterocycles. The van der Waals surface area contributed by atoms with Gasteiger partial charge >= 0.3 is 0 Å². The molecular formula is C15H21N3O2. The van der Waals surface area contributed by atoms with Crippen LogP contribution in [0.15, 0.2) is 22.7 Å². The van der Waals surface area contributed by atoms with Crippen molar-refractivity contribution in [2.45, 2.75) is 39.2 Å². The van der Waals surface area contributed by atoms with Crippen molar-refractivity contribution < 1.29 is 9.26 Å². The van der Waals surface area contributed by atoms with E-state index in [4.69, 9.17) is 15.0 Å². The van der Waals surface area contributed by atoms with E-state index in [1.165, 1.54) is 0 Å². The smallest absolute Gasteiger partial charge is 0.246 e. The number of ether oxygens (including phenoxy) is 1. The minimum absolute atomic E-state index is 0.475. The predicted molar refractivity (Wildman–Crippen MR) is 77.5 cm³/mol. The second-order valence-corrected chi connectivity index (χ2v) is 5.28. The third-order valence-electron chi connectivity index (χ3n) is 3.34. The summed E-state index contributed by atoms with van der Waals surface area (Å²) < 4.78 is 10.6. The summed E-state index contributed by atoms with van der Waals surface area (Å²) >= 11 is 0. The van der Waals surface area contributed by atoms with Gasteiger partial charge in [-0.1, -0.05) is 18.5 Å². The number of nitrogens with zero attached hydrogens (tertiary/aromatic N) is 2. The monoisotopic (exact) mass is 275 g/mol. The van der Waals surface area contributed by atoms with Gasteiger partial charge in [-0.05, 0) is 44.0 Å². The summed E-state index contributed by atoms with van der Waals surface area (Å²) in [6.45, 7) is 5.97. The lowest BCUT2D eigenvalue weighted by Crippen LogP contribution is -2.33. The summed E-state index contributed by atoms with van der Waals surface area (Å²) in [6.07, 6.45) is 1.77. The number of hydrogen-bond donors (Lipinski definition) is 1. The SMILES string of the molecule is CCCC(C)(N)c1nc(-c2ccc(OC)c(C)c2)no1. The highest BCUT2D eigenvalue weighted by Crippen LogP contribution is 2.27. The quantitative estimate of drug-likeness (QED) is 0.907. The Morgan fingerprint density at radius 3 is 2.75 bits per heavy atom. The molecule has 5 nitrogen and oxygen atoms in total. The summed E-state index contributed by atoms with van der Waals surface area (Å²) in [7, 11) is 1.65. The van der Waals surface area contributed by atoms with Gasteiger partial charge in [-0.25, -0.2) is 0 Å². The molecule has 0 fully saturated rings. The molecule has 20 heavy (non-hydrogen) atoms. The number of methoxy groups -OCH3 is 1. The van der Waals surface area contributed by atoms with Crippen molar-refractivity contribution >= 4 is 0 Å². The Bertz CT molecular complexity index is 591. The maximum atomic E-state index is 6.20. The summed E-state index contributed by atoms with van der Waals surface area (Å²) in [4.78, 5) is 4.42. The van der Waals surface area contributed by atoms with Gasteiger partial charge in [0.1, 0.15) is 5.75 Å². The van der Waals surface area contributed by atoms with Crippen LogP contribution in [0, 0.1) is 6.92 Å². The third-order valence-corrected chi connectivity index (χ3v) is 3.34. The number of aryl methyl sites for hydroxylation is 1. The van der Waals surface area contributed by atoms with Crippen LogP contribution >= 0.6 is 0 Å².